The van der Waals surface area contributed by atoms with Crippen LogP contribution < -0.4 is 0 Å². The summed E-state index contributed by atoms with van der Waals surface area (Å²) in [6.45, 7) is 5.20. The molecule has 0 heterocycles. The molecule has 1 rings (SSSR count). The minimum Gasteiger partial charge on any atom is -0.455 e. The maximum atomic E-state index is 12.5. The van der Waals surface area contributed by atoms with Crippen molar-refractivity contribution in [3.05, 3.63) is 48.6 Å². The summed E-state index contributed by atoms with van der Waals surface area (Å²) in [5, 5.41) is 0. The van der Waals surface area contributed by atoms with E-state index in [1.54, 1.807) is 0 Å². The third-order valence-corrected chi connectivity index (χ3v) is 3.78. The normalized spacial score (nSPS) is 13.5. The second-order valence-corrected chi connectivity index (χ2v) is 5.51. The molecule has 0 saturated carbocycles. The van der Waals surface area contributed by atoms with Crippen LogP contribution in [0.2, 0.25) is 0 Å². The summed E-state index contributed by atoms with van der Waals surface area (Å²) in [7, 11) is 3.93. The number of ketones is 1. The van der Waals surface area contributed by atoms with E-state index in [2.05, 4.69) is 18.4 Å². The lowest BCUT2D eigenvalue weighted by Crippen LogP contribution is -2.41. The molecule has 0 bridgehead atoms. The van der Waals surface area contributed by atoms with Crippen LogP contribution in [-0.2, 0) is 20.7 Å². The summed E-state index contributed by atoms with van der Waals surface area (Å²) in [5.41, 5.74) is 1.11. The van der Waals surface area contributed by atoms with E-state index in [4.69, 9.17) is 4.74 Å². The molecule has 0 saturated heterocycles. The molecule has 0 N–H and O–H groups in total. The van der Waals surface area contributed by atoms with Gasteiger partial charge in [0.15, 0.2) is 12.4 Å². The molecule has 1 aromatic rings. The third kappa shape index (κ3) is 5.45. The highest BCUT2D eigenvalue weighted by molar-refractivity contribution is 5.87. The van der Waals surface area contributed by atoms with Gasteiger partial charge in [-0.3, -0.25) is 4.79 Å². The first-order valence-electron chi connectivity index (χ1n) is 7.51. The van der Waals surface area contributed by atoms with Gasteiger partial charge in [0.2, 0.25) is 0 Å². The van der Waals surface area contributed by atoms with Crippen molar-refractivity contribution in [1.82, 2.24) is 4.90 Å². The Morgan fingerprint density at radius 2 is 1.91 bits per heavy atom. The van der Waals surface area contributed by atoms with Gasteiger partial charge < -0.3 is 9.64 Å². The van der Waals surface area contributed by atoms with Gasteiger partial charge in [-0.15, -0.1) is 0 Å². The van der Waals surface area contributed by atoms with Gasteiger partial charge in [0.1, 0.15) is 0 Å². The van der Waals surface area contributed by atoms with E-state index in [0.29, 0.717) is 6.42 Å². The zero-order valence-electron chi connectivity index (χ0n) is 13.6. The van der Waals surface area contributed by atoms with Crippen LogP contribution in [0.5, 0.6) is 0 Å². The van der Waals surface area contributed by atoms with E-state index in [1.807, 2.05) is 44.4 Å². The number of hydrogen-bond donors (Lipinski definition) is 0. The minimum absolute atomic E-state index is 0.0559. The van der Waals surface area contributed by atoms with E-state index in [0.717, 1.165) is 18.1 Å². The molecule has 120 valence electrons. The molecule has 22 heavy (non-hydrogen) atoms. The van der Waals surface area contributed by atoms with Gasteiger partial charge in [0.25, 0.3) is 0 Å². The standard InChI is InChI=1S/C18H25NO3/c1-5-16(19(3)4)15(12-14-10-8-7-9-11-14)17(20)13-22-18(21)6-2/h6-11,15-16H,2,5,12-13H2,1,3-4H3. The van der Waals surface area contributed by atoms with Crippen molar-refractivity contribution in [2.75, 3.05) is 20.7 Å². The largest absolute Gasteiger partial charge is 0.455 e. The number of hydrogen-bond acceptors (Lipinski definition) is 4. The Morgan fingerprint density at radius 3 is 2.41 bits per heavy atom. The first-order valence-corrected chi connectivity index (χ1v) is 7.51. The van der Waals surface area contributed by atoms with Crippen LogP contribution in [0.25, 0.3) is 0 Å². The van der Waals surface area contributed by atoms with Crippen molar-refractivity contribution in [1.29, 1.82) is 0 Å². The van der Waals surface area contributed by atoms with Crippen molar-refractivity contribution in [3.8, 4) is 0 Å². The van der Waals surface area contributed by atoms with Gasteiger partial charge in [0.05, 0.1) is 0 Å². The molecule has 2 unspecified atom stereocenters. The highest BCUT2D eigenvalue weighted by Gasteiger charge is 2.29. The number of Topliss-reactive ketones (excluding diaryl/α,β-unsaturated/α-hetero) is 1. The molecule has 0 spiro atoms. The van der Waals surface area contributed by atoms with Gasteiger partial charge in [-0.1, -0.05) is 43.8 Å². The quantitative estimate of drug-likeness (QED) is 0.519. The average Bonchev–Trinajstić information content (AvgIpc) is 2.52. The van der Waals surface area contributed by atoms with Gasteiger partial charge in [-0.25, -0.2) is 4.79 Å². The predicted molar refractivity (Wildman–Crippen MR) is 87.6 cm³/mol. The van der Waals surface area contributed by atoms with E-state index in [-0.39, 0.29) is 24.3 Å². The summed E-state index contributed by atoms with van der Waals surface area (Å²) < 4.78 is 4.92. The predicted octanol–water partition coefficient (Wildman–Crippen LogP) is 2.48. The Kier molecular flexibility index (Phi) is 7.54. The number of carbonyl (C=O) groups is 2. The first-order chi connectivity index (χ1) is 10.5. The fourth-order valence-electron chi connectivity index (χ4n) is 2.65. The molecule has 0 radical (unpaired) electrons. The zero-order chi connectivity index (χ0) is 16.5. The summed E-state index contributed by atoms with van der Waals surface area (Å²) in [5.74, 6) is -0.829. The van der Waals surface area contributed by atoms with E-state index < -0.39 is 5.97 Å². The van der Waals surface area contributed by atoms with Gasteiger partial charge in [-0.2, -0.15) is 0 Å². The lowest BCUT2D eigenvalue weighted by atomic mass is 9.86. The van der Waals surface area contributed by atoms with E-state index >= 15 is 0 Å². The Balaban J connectivity index is 2.87. The molecular formula is C18H25NO3. The molecule has 0 aromatic heterocycles. The highest BCUT2D eigenvalue weighted by Crippen LogP contribution is 2.20. The molecule has 0 aliphatic rings. The molecule has 0 fully saturated rings. The van der Waals surface area contributed by atoms with E-state index in [9.17, 15) is 9.59 Å². The fraction of sp³-hybridized carbons (Fsp3) is 0.444. The molecule has 4 nitrogen and oxygen atoms in total. The summed E-state index contributed by atoms with van der Waals surface area (Å²) in [6, 6.07) is 10.0. The molecule has 0 aliphatic carbocycles. The second-order valence-electron chi connectivity index (χ2n) is 5.51. The molecular weight excluding hydrogens is 278 g/mol. The van der Waals surface area contributed by atoms with Gasteiger partial charge in [0, 0.05) is 18.0 Å². The van der Waals surface area contributed by atoms with Crippen LogP contribution >= 0.6 is 0 Å². The van der Waals surface area contributed by atoms with Crippen LogP contribution in [-0.4, -0.2) is 43.4 Å². The maximum Gasteiger partial charge on any atom is 0.330 e. The monoisotopic (exact) mass is 303 g/mol. The van der Waals surface area contributed by atoms with Crippen LogP contribution in [0.15, 0.2) is 43.0 Å². The van der Waals surface area contributed by atoms with E-state index in [1.165, 1.54) is 0 Å². The summed E-state index contributed by atoms with van der Waals surface area (Å²) in [6.07, 6.45) is 2.57. The molecule has 4 heteroatoms. The Labute approximate surface area is 132 Å². The fourth-order valence-corrected chi connectivity index (χ4v) is 2.65. The number of nitrogens with zero attached hydrogens (tertiary/aromatic N) is 1. The van der Waals surface area contributed by atoms with Crippen LogP contribution in [0.1, 0.15) is 18.9 Å². The highest BCUT2D eigenvalue weighted by atomic mass is 16.5. The van der Waals surface area contributed by atoms with Crippen molar-refractivity contribution in [2.24, 2.45) is 5.92 Å². The second kappa shape index (κ2) is 9.15. The van der Waals surface area contributed by atoms with Crippen molar-refractivity contribution < 1.29 is 14.3 Å². The number of rotatable bonds is 9. The summed E-state index contributed by atoms with van der Waals surface area (Å²) >= 11 is 0. The van der Waals surface area contributed by atoms with Gasteiger partial charge in [-0.05, 0) is 32.5 Å². The topological polar surface area (TPSA) is 46.6 Å². The minimum atomic E-state index is -0.565. The third-order valence-electron chi connectivity index (χ3n) is 3.78. The maximum absolute atomic E-state index is 12.5. The lowest BCUT2D eigenvalue weighted by Gasteiger charge is -2.30. The number of ether oxygens (including phenoxy) is 1. The average molecular weight is 303 g/mol. The first kappa shape index (κ1) is 18.1. The molecule has 2 atom stereocenters. The lowest BCUT2D eigenvalue weighted by molar-refractivity contribution is -0.145. The SMILES string of the molecule is C=CC(=O)OCC(=O)C(Cc1ccccc1)C(CC)N(C)C. The molecule has 0 amide bonds. The smallest absolute Gasteiger partial charge is 0.330 e. The van der Waals surface area contributed by atoms with Crippen molar-refractivity contribution >= 4 is 11.8 Å². The Bertz CT molecular complexity index is 496. The molecule has 1 aromatic carbocycles. The zero-order valence-corrected chi connectivity index (χ0v) is 13.6. The molecule has 0 aliphatic heterocycles. The number of carbonyl (C=O) groups excluding carboxylic acids is 2. The Morgan fingerprint density at radius 1 is 1.27 bits per heavy atom. The Hall–Kier alpha value is -1.94. The van der Waals surface area contributed by atoms with Crippen molar-refractivity contribution in [2.45, 2.75) is 25.8 Å². The van der Waals surface area contributed by atoms with Crippen molar-refractivity contribution in [3.63, 3.8) is 0 Å². The van der Waals surface area contributed by atoms with Crippen LogP contribution in [0.3, 0.4) is 0 Å². The van der Waals surface area contributed by atoms with Crippen LogP contribution in [0, 0.1) is 5.92 Å². The number of benzene rings is 1. The van der Waals surface area contributed by atoms with Gasteiger partial charge >= 0.3 is 5.97 Å². The summed E-state index contributed by atoms with van der Waals surface area (Å²) in [4.78, 5) is 25.8. The number of esters is 1. The van der Waals surface area contributed by atoms with Crippen LogP contribution in [0.4, 0.5) is 0 Å².